The van der Waals surface area contributed by atoms with Gasteiger partial charge in [-0.2, -0.15) is 0 Å². The molecule has 0 radical (unpaired) electrons. The minimum Gasteiger partial charge on any atom is -0.396 e. The topological polar surface area (TPSA) is 26.7 Å². The van der Waals surface area contributed by atoms with Crippen molar-refractivity contribution in [1.29, 1.82) is 0 Å². The standard InChI is InChI=1S/C12H19BrN2OS/c13-12-3-2-11(17-12)10-15-7-5-14(6-8-15)4-1-9-16/h2-3,16H,1,4-10H2. The molecule has 0 saturated carbocycles. The molecule has 1 N–H and O–H groups in total. The Balaban J connectivity index is 1.72. The van der Waals surface area contributed by atoms with Gasteiger partial charge in [-0.3, -0.25) is 4.90 Å². The first kappa shape index (κ1) is 13.5. The molecule has 96 valence electrons. The van der Waals surface area contributed by atoms with Crippen LogP contribution in [0.1, 0.15) is 11.3 Å². The monoisotopic (exact) mass is 318 g/mol. The first-order valence-corrected chi connectivity index (χ1v) is 7.68. The summed E-state index contributed by atoms with van der Waals surface area (Å²) in [6.07, 6.45) is 0.901. The van der Waals surface area contributed by atoms with E-state index < -0.39 is 0 Å². The van der Waals surface area contributed by atoms with Crippen LogP contribution in [-0.4, -0.2) is 54.2 Å². The molecule has 0 unspecified atom stereocenters. The average Bonchev–Trinajstić information content (AvgIpc) is 2.74. The molecule has 0 aliphatic carbocycles. The minimum atomic E-state index is 0.309. The number of aliphatic hydroxyl groups is 1. The molecule has 1 aromatic heterocycles. The Bertz CT molecular complexity index is 337. The zero-order chi connectivity index (χ0) is 12.1. The summed E-state index contributed by atoms with van der Waals surface area (Å²) in [6, 6.07) is 4.32. The summed E-state index contributed by atoms with van der Waals surface area (Å²) >= 11 is 5.33. The van der Waals surface area contributed by atoms with Gasteiger partial charge in [-0.1, -0.05) is 0 Å². The van der Waals surface area contributed by atoms with Gasteiger partial charge in [0.05, 0.1) is 3.79 Å². The van der Waals surface area contributed by atoms with Crippen molar-refractivity contribution in [1.82, 2.24) is 9.80 Å². The van der Waals surface area contributed by atoms with E-state index >= 15 is 0 Å². The Morgan fingerprint density at radius 1 is 1.18 bits per heavy atom. The van der Waals surface area contributed by atoms with Gasteiger partial charge in [0, 0.05) is 50.8 Å². The van der Waals surface area contributed by atoms with Crippen molar-refractivity contribution in [2.45, 2.75) is 13.0 Å². The van der Waals surface area contributed by atoms with E-state index in [1.807, 2.05) is 11.3 Å². The third kappa shape index (κ3) is 4.34. The first-order chi connectivity index (χ1) is 8.28. The van der Waals surface area contributed by atoms with E-state index in [4.69, 9.17) is 5.11 Å². The number of piperazine rings is 1. The second kappa shape index (κ2) is 6.85. The third-order valence-electron chi connectivity index (χ3n) is 3.11. The predicted molar refractivity (Wildman–Crippen MR) is 75.4 cm³/mol. The van der Waals surface area contributed by atoms with Crippen LogP contribution < -0.4 is 0 Å². The fourth-order valence-corrected chi connectivity index (χ4v) is 3.65. The van der Waals surface area contributed by atoms with Crippen molar-refractivity contribution in [3.8, 4) is 0 Å². The van der Waals surface area contributed by atoms with E-state index in [1.54, 1.807) is 0 Å². The van der Waals surface area contributed by atoms with E-state index in [0.29, 0.717) is 6.61 Å². The quantitative estimate of drug-likeness (QED) is 0.899. The molecule has 0 atom stereocenters. The number of aliphatic hydroxyl groups excluding tert-OH is 1. The van der Waals surface area contributed by atoms with Crippen LogP contribution >= 0.6 is 27.3 Å². The van der Waals surface area contributed by atoms with E-state index in [0.717, 1.165) is 45.7 Å². The van der Waals surface area contributed by atoms with Crippen LogP contribution in [0, 0.1) is 0 Å². The van der Waals surface area contributed by atoms with Gasteiger partial charge in [0.1, 0.15) is 0 Å². The summed E-state index contributed by atoms with van der Waals surface area (Å²) in [7, 11) is 0. The lowest BCUT2D eigenvalue weighted by molar-refractivity contribution is 0.120. The fraction of sp³-hybridized carbons (Fsp3) is 0.667. The van der Waals surface area contributed by atoms with Crippen LogP contribution in [0.25, 0.3) is 0 Å². The fourth-order valence-electron chi connectivity index (χ4n) is 2.12. The molecule has 5 heteroatoms. The lowest BCUT2D eigenvalue weighted by Gasteiger charge is -2.34. The van der Waals surface area contributed by atoms with E-state index in [-0.39, 0.29) is 0 Å². The van der Waals surface area contributed by atoms with Crippen molar-refractivity contribution in [3.05, 3.63) is 20.8 Å². The van der Waals surface area contributed by atoms with Crippen molar-refractivity contribution >= 4 is 27.3 Å². The van der Waals surface area contributed by atoms with Gasteiger partial charge < -0.3 is 10.0 Å². The van der Waals surface area contributed by atoms with E-state index in [2.05, 4.69) is 37.9 Å². The molecule has 1 aliphatic heterocycles. The maximum absolute atomic E-state index is 8.81. The van der Waals surface area contributed by atoms with Crippen LogP contribution in [0.2, 0.25) is 0 Å². The Labute approximate surface area is 115 Å². The molecule has 1 aromatic rings. The molecule has 2 rings (SSSR count). The van der Waals surface area contributed by atoms with Crippen LogP contribution in [0.3, 0.4) is 0 Å². The van der Waals surface area contributed by atoms with Gasteiger partial charge in [-0.05, 0) is 34.5 Å². The number of hydrogen-bond acceptors (Lipinski definition) is 4. The van der Waals surface area contributed by atoms with Crippen LogP contribution in [0.4, 0.5) is 0 Å². The second-order valence-corrected chi connectivity index (χ2v) is 6.95. The molecule has 0 spiro atoms. The summed E-state index contributed by atoms with van der Waals surface area (Å²) in [5.41, 5.74) is 0. The Morgan fingerprint density at radius 2 is 1.88 bits per heavy atom. The molecular weight excluding hydrogens is 300 g/mol. The smallest absolute Gasteiger partial charge is 0.0701 e. The molecule has 1 aliphatic rings. The SMILES string of the molecule is OCCCN1CCN(Cc2ccc(Br)s2)CC1. The van der Waals surface area contributed by atoms with Gasteiger partial charge in [0.25, 0.3) is 0 Å². The summed E-state index contributed by atoms with van der Waals surface area (Å²) in [4.78, 5) is 6.38. The third-order valence-corrected chi connectivity index (χ3v) is 4.71. The Morgan fingerprint density at radius 3 is 2.47 bits per heavy atom. The van der Waals surface area contributed by atoms with Crippen LogP contribution in [0.5, 0.6) is 0 Å². The highest BCUT2D eigenvalue weighted by molar-refractivity contribution is 9.11. The van der Waals surface area contributed by atoms with Crippen molar-refractivity contribution in [2.24, 2.45) is 0 Å². The second-order valence-electron chi connectivity index (χ2n) is 4.40. The van der Waals surface area contributed by atoms with Crippen LogP contribution in [0.15, 0.2) is 15.9 Å². The van der Waals surface area contributed by atoms with Crippen molar-refractivity contribution in [3.63, 3.8) is 0 Å². The number of thiophene rings is 1. The molecule has 1 saturated heterocycles. The number of halogens is 1. The minimum absolute atomic E-state index is 0.309. The van der Waals surface area contributed by atoms with E-state index in [9.17, 15) is 0 Å². The summed E-state index contributed by atoms with van der Waals surface area (Å²) in [5.74, 6) is 0. The molecule has 1 fully saturated rings. The summed E-state index contributed by atoms with van der Waals surface area (Å²) in [6.45, 7) is 6.96. The predicted octanol–water partition coefficient (Wildman–Crippen LogP) is 2.01. The maximum Gasteiger partial charge on any atom is 0.0701 e. The number of hydrogen-bond donors (Lipinski definition) is 1. The molecule has 17 heavy (non-hydrogen) atoms. The molecule has 2 heterocycles. The van der Waals surface area contributed by atoms with Gasteiger partial charge in [-0.15, -0.1) is 11.3 Å². The molecular formula is C12H19BrN2OS. The highest BCUT2D eigenvalue weighted by atomic mass is 79.9. The zero-order valence-corrected chi connectivity index (χ0v) is 12.3. The highest BCUT2D eigenvalue weighted by Gasteiger charge is 2.16. The molecule has 0 bridgehead atoms. The number of rotatable bonds is 5. The molecule has 3 nitrogen and oxygen atoms in total. The molecule has 0 amide bonds. The van der Waals surface area contributed by atoms with Gasteiger partial charge in [0.2, 0.25) is 0 Å². The highest BCUT2D eigenvalue weighted by Crippen LogP contribution is 2.23. The maximum atomic E-state index is 8.81. The van der Waals surface area contributed by atoms with Gasteiger partial charge in [-0.25, -0.2) is 0 Å². The molecule has 0 aromatic carbocycles. The normalized spacial score (nSPS) is 18.7. The lowest BCUT2D eigenvalue weighted by Crippen LogP contribution is -2.46. The van der Waals surface area contributed by atoms with E-state index in [1.165, 1.54) is 8.66 Å². The average molecular weight is 319 g/mol. The van der Waals surface area contributed by atoms with Crippen molar-refractivity contribution < 1.29 is 5.11 Å². The van der Waals surface area contributed by atoms with Crippen molar-refractivity contribution in [2.75, 3.05) is 39.3 Å². The summed E-state index contributed by atoms with van der Waals surface area (Å²) < 4.78 is 1.22. The first-order valence-electron chi connectivity index (χ1n) is 6.08. The largest absolute Gasteiger partial charge is 0.396 e. The number of nitrogens with zero attached hydrogens (tertiary/aromatic N) is 2. The lowest BCUT2D eigenvalue weighted by atomic mass is 10.3. The Kier molecular flexibility index (Phi) is 5.44. The van der Waals surface area contributed by atoms with Gasteiger partial charge in [0.15, 0.2) is 0 Å². The zero-order valence-electron chi connectivity index (χ0n) is 9.94. The van der Waals surface area contributed by atoms with Crippen LogP contribution in [-0.2, 0) is 6.54 Å². The summed E-state index contributed by atoms with van der Waals surface area (Å²) in [5, 5.41) is 8.81. The van der Waals surface area contributed by atoms with Gasteiger partial charge >= 0.3 is 0 Å². The Hall–Kier alpha value is 0.0600.